The van der Waals surface area contributed by atoms with Gasteiger partial charge in [-0.15, -0.1) is 0 Å². The zero-order valence-electron chi connectivity index (χ0n) is 12.1. The first-order valence-electron chi connectivity index (χ1n) is 6.68. The van der Waals surface area contributed by atoms with Crippen molar-refractivity contribution >= 4 is 27.9 Å². The van der Waals surface area contributed by atoms with Crippen LogP contribution >= 0.6 is 0 Å². The number of hydrogen-bond acceptors (Lipinski definition) is 5. The standard InChI is InChI=1S/C16H12FNO4S/c1-21-15(19)11-4-2-10(3-5-11)9-23(20)16-18-13-7-6-12(17)8-14(13)22-16/h2-8H,9H2,1H3. The Morgan fingerprint density at radius 1 is 1.26 bits per heavy atom. The average molecular weight is 333 g/mol. The van der Waals surface area contributed by atoms with Crippen LogP contribution in [0.1, 0.15) is 15.9 Å². The predicted octanol–water partition coefficient (Wildman–Crippen LogP) is 3.06. The lowest BCUT2D eigenvalue weighted by Gasteiger charge is -2.01. The Morgan fingerprint density at radius 2 is 2.00 bits per heavy atom. The van der Waals surface area contributed by atoms with Crippen LogP contribution < -0.4 is 0 Å². The molecule has 0 bridgehead atoms. The summed E-state index contributed by atoms with van der Waals surface area (Å²) >= 11 is 0. The SMILES string of the molecule is COC(=O)c1ccc(CS(=O)c2nc3ccc(F)cc3o2)cc1. The van der Waals surface area contributed by atoms with Crippen LogP contribution in [0.2, 0.25) is 0 Å². The molecule has 0 aliphatic rings. The summed E-state index contributed by atoms with van der Waals surface area (Å²) in [6.07, 6.45) is 0. The van der Waals surface area contributed by atoms with E-state index in [-0.39, 0.29) is 16.6 Å². The van der Waals surface area contributed by atoms with Crippen molar-refractivity contribution in [3.8, 4) is 0 Å². The minimum absolute atomic E-state index is 0.0441. The van der Waals surface area contributed by atoms with Gasteiger partial charge in [-0.3, -0.25) is 0 Å². The van der Waals surface area contributed by atoms with Gasteiger partial charge in [-0.05, 0) is 29.8 Å². The number of carbonyl (C=O) groups excluding carboxylic acids is 1. The van der Waals surface area contributed by atoms with Gasteiger partial charge in [0.05, 0.1) is 18.4 Å². The van der Waals surface area contributed by atoms with Crippen molar-refractivity contribution in [3.05, 3.63) is 59.4 Å². The smallest absolute Gasteiger partial charge is 0.337 e. The summed E-state index contributed by atoms with van der Waals surface area (Å²) in [4.78, 5) is 15.5. The van der Waals surface area contributed by atoms with E-state index < -0.39 is 22.6 Å². The molecule has 0 amide bonds. The fraction of sp³-hybridized carbons (Fsp3) is 0.125. The van der Waals surface area contributed by atoms with Crippen LogP contribution in [0.4, 0.5) is 4.39 Å². The summed E-state index contributed by atoms with van der Waals surface area (Å²) in [5, 5.41) is 0.0441. The van der Waals surface area contributed by atoms with E-state index in [1.807, 2.05) is 0 Å². The first-order valence-corrected chi connectivity index (χ1v) is 8.00. The zero-order valence-corrected chi connectivity index (χ0v) is 12.9. The molecular formula is C16H12FNO4S. The normalized spacial score (nSPS) is 12.3. The van der Waals surface area contributed by atoms with E-state index in [9.17, 15) is 13.4 Å². The zero-order chi connectivity index (χ0) is 16.4. The molecule has 1 heterocycles. The molecule has 1 aromatic heterocycles. The maximum atomic E-state index is 13.1. The van der Waals surface area contributed by atoms with Crippen LogP contribution in [0.5, 0.6) is 0 Å². The van der Waals surface area contributed by atoms with E-state index in [1.165, 1.54) is 25.3 Å². The van der Waals surface area contributed by atoms with Crippen molar-refractivity contribution in [1.82, 2.24) is 4.98 Å². The molecule has 1 atom stereocenters. The Kier molecular flexibility index (Phi) is 4.20. The second kappa shape index (κ2) is 6.29. The third kappa shape index (κ3) is 3.29. The summed E-state index contributed by atoms with van der Waals surface area (Å²) in [6, 6.07) is 10.5. The quantitative estimate of drug-likeness (QED) is 0.686. The number of nitrogens with zero attached hydrogens (tertiary/aromatic N) is 1. The van der Waals surface area contributed by atoms with Crippen LogP contribution in [0.3, 0.4) is 0 Å². The van der Waals surface area contributed by atoms with Gasteiger partial charge in [0.2, 0.25) is 0 Å². The van der Waals surface area contributed by atoms with Crippen molar-refractivity contribution in [3.63, 3.8) is 0 Å². The molecule has 0 spiro atoms. The first-order chi connectivity index (χ1) is 11.1. The molecule has 3 aromatic rings. The molecule has 0 aliphatic heterocycles. The Balaban J connectivity index is 1.78. The van der Waals surface area contributed by atoms with Crippen LogP contribution in [0.25, 0.3) is 11.1 Å². The van der Waals surface area contributed by atoms with E-state index >= 15 is 0 Å². The van der Waals surface area contributed by atoms with Gasteiger partial charge in [-0.2, -0.15) is 0 Å². The van der Waals surface area contributed by atoms with Crippen LogP contribution in [-0.4, -0.2) is 22.3 Å². The second-order valence-corrected chi connectivity index (χ2v) is 6.10. The minimum Gasteiger partial charge on any atom is -0.465 e. The third-order valence-electron chi connectivity index (χ3n) is 3.20. The van der Waals surface area contributed by atoms with Crippen molar-refractivity contribution in [2.24, 2.45) is 0 Å². The summed E-state index contributed by atoms with van der Waals surface area (Å²) < 4.78 is 35.4. The lowest BCUT2D eigenvalue weighted by Crippen LogP contribution is -2.02. The number of aromatic nitrogens is 1. The molecule has 7 heteroatoms. The van der Waals surface area contributed by atoms with Gasteiger partial charge in [0.15, 0.2) is 5.58 Å². The monoisotopic (exact) mass is 333 g/mol. The minimum atomic E-state index is -1.51. The maximum absolute atomic E-state index is 13.1. The molecule has 0 saturated carbocycles. The number of methoxy groups -OCH3 is 1. The Morgan fingerprint density at radius 3 is 2.70 bits per heavy atom. The summed E-state index contributed by atoms with van der Waals surface area (Å²) in [5.41, 5.74) is 1.88. The molecule has 5 nitrogen and oxygen atoms in total. The fourth-order valence-corrected chi connectivity index (χ4v) is 3.04. The lowest BCUT2D eigenvalue weighted by atomic mass is 10.1. The van der Waals surface area contributed by atoms with E-state index in [4.69, 9.17) is 4.42 Å². The number of esters is 1. The highest BCUT2D eigenvalue weighted by molar-refractivity contribution is 7.84. The molecular weight excluding hydrogens is 321 g/mol. The number of ether oxygens (including phenoxy) is 1. The molecule has 0 N–H and O–H groups in total. The van der Waals surface area contributed by atoms with Crippen LogP contribution in [0, 0.1) is 5.82 Å². The van der Waals surface area contributed by atoms with Gasteiger partial charge in [-0.1, -0.05) is 12.1 Å². The molecule has 0 fully saturated rings. The van der Waals surface area contributed by atoms with Gasteiger partial charge in [0.1, 0.15) is 22.1 Å². The van der Waals surface area contributed by atoms with Gasteiger partial charge in [0, 0.05) is 6.07 Å². The largest absolute Gasteiger partial charge is 0.465 e. The van der Waals surface area contributed by atoms with Crippen molar-refractivity contribution < 1.29 is 22.5 Å². The topological polar surface area (TPSA) is 69.4 Å². The Hall–Kier alpha value is -2.54. The second-order valence-electron chi connectivity index (χ2n) is 4.77. The molecule has 118 valence electrons. The van der Waals surface area contributed by atoms with Crippen molar-refractivity contribution in [2.45, 2.75) is 11.0 Å². The number of benzene rings is 2. The molecule has 23 heavy (non-hydrogen) atoms. The van der Waals surface area contributed by atoms with E-state index in [0.717, 1.165) is 5.56 Å². The Bertz CT molecular complexity index is 889. The molecule has 2 aromatic carbocycles. The summed E-state index contributed by atoms with van der Waals surface area (Å²) in [5.74, 6) is -0.695. The van der Waals surface area contributed by atoms with E-state index in [0.29, 0.717) is 11.1 Å². The van der Waals surface area contributed by atoms with Crippen molar-refractivity contribution in [1.29, 1.82) is 0 Å². The molecule has 0 aliphatic carbocycles. The molecule has 0 radical (unpaired) electrons. The molecule has 0 saturated heterocycles. The molecule has 1 unspecified atom stereocenters. The highest BCUT2D eigenvalue weighted by Gasteiger charge is 2.14. The van der Waals surface area contributed by atoms with Gasteiger partial charge in [-0.25, -0.2) is 18.4 Å². The third-order valence-corrected chi connectivity index (χ3v) is 4.36. The van der Waals surface area contributed by atoms with Crippen molar-refractivity contribution in [2.75, 3.05) is 7.11 Å². The van der Waals surface area contributed by atoms with E-state index in [2.05, 4.69) is 9.72 Å². The predicted molar refractivity (Wildman–Crippen MR) is 81.9 cm³/mol. The highest BCUT2D eigenvalue weighted by Crippen LogP contribution is 2.20. The Labute approximate surface area is 133 Å². The van der Waals surface area contributed by atoms with Crippen LogP contribution in [-0.2, 0) is 21.3 Å². The number of carbonyl (C=O) groups is 1. The first kappa shape index (κ1) is 15.4. The highest BCUT2D eigenvalue weighted by atomic mass is 32.2. The fourth-order valence-electron chi connectivity index (χ4n) is 2.04. The van der Waals surface area contributed by atoms with Gasteiger partial charge < -0.3 is 9.15 Å². The number of halogens is 1. The van der Waals surface area contributed by atoms with E-state index in [1.54, 1.807) is 24.3 Å². The summed E-state index contributed by atoms with van der Waals surface area (Å²) in [6.45, 7) is 0. The lowest BCUT2D eigenvalue weighted by molar-refractivity contribution is 0.0600. The number of fused-ring (bicyclic) bond motifs is 1. The number of oxazole rings is 1. The molecule has 3 rings (SSSR count). The van der Waals surface area contributed by atoms with Gasteiger partial charge >= 0.3 is 5.97 Å². The number of rotatable bonds is 4. The average Bonchev–Trinajstić information content (AvgIpc) is 2.98. The number of hydrogen-bond donors (Lipinski definition) is 0. The van der Waals surface area contributed by atoms with Crippen LogP contribution in [0.15, 0.2) is 52.1 Å². The maximum Gasteiger partial charge on any atom is 0.337 e. The summed E-state index contributed by atoms with van der Waals surface area (Å²) in [7, 11) is -0.202. The van der Waals surface area contributed by atoms with Gasteiger partial charge in [0.25, 0.3) is 5.22 Å².